The van der Waals surface area contributed by atoms with Crippen LogP contribution in [0.15, 0.2) is 73.1 Å². The third kappa shape index (κ3) is 4.03. The third-order valence-corrected chi connectivity index (χ3v) is 4.26. The lowest BCUT2D eigenvalue weighted by Gasteiger charge is -2.10. The van der Waals surface area contributed by atoms with Crippen molar-refractivity contribution in [1.82, 2.24) is 0 Å². The Morgan fingerprint density at radius 3 is 2.00 bits per heavy atom. The number of carbonyl (C=O) groups is 2. The average Bonchev–Trinajstić information content (AvgIpc) is 2.66. The highest BCUT2D eigenvalue weighted by Crippen LogP contribution is 2.19. The highest BCUT2D eigenvalue weighted by molar-refractivity contribution is 6.08. The number of aromatic nitrogens is 1. The van der Waals surface area contributed by atoms with E-state index < -0.39 is 0 Å². The molecule has 4 heteroatoms. The molecule has 26 heavy (non-hydrogen) atoms. The number of amides is 1. The Bertz CT molecular complexity index is 912. The molecule has 4 nitrogen and oxygen atoms in total. The summed E-state index contributed by atoms with van der Waals surface area (Å²) in [5.74, 6) is -0.132. The second-order valence-electron chi connectivity index (χ2n) is 6.27. The van der Waals surface area contributed by atoms with Gasteiger partial charge in [-0.2, -0.15) is 4.57 Å². The zero-order valence-electron chi connectivity index (χ0n) is 14.9. The van der Waals surface area contributed by atoms with Crippen molar-refractivity contribution in [3.63, 3.8) is 0 Å². The summed E-state index contributed by atoms with van der Waals surface area (Å²) in [7, 11) is 0. The van der Waals surface area contributed by atoms with Crippen molar-refractivity contribution in [3.8, 4) is 0 Å². The highest BCUT2D eigenvalue weighted by Gasteiger charge is 2.14. The van der Waals surface area contributed by atoms with Gasteiger partial charge in [0.15, 0.2) is 18.2 Å². The van der Waals surface area contributed by atoms with E-state index in [-0.39, 0.29) is 18.2 Å². The van der Waals surface area contributed by atoms with Crippen molar-refractivity contribution in [1.29, 1.82) is 0 Å². The predicted molar refractivity (Wildman–Crippen MR) is 101 cm³/mol. The molecule has 1 heterocycles. The topological polar surface area (TPSA) is 50.1 Å². The molecular weight excluding hydrogens is 324 g/mol. The lowest BCUT2D eigenvalue weighted by Crippen LogP contribution is -2.39. The van der Waals surface area contributed by atoms with Crippen LogP contribution < -0.4 is 9.88 Å². The monoisotopic (exact) mass is 345 g/mol. The summed E-state index contributed by atoms with van der Waals surface area (Å²) in [5, 5.41) is 2.96. The first-order chi connectivity index (χ1) is 12.5. The van der Waals surface area contributed by atoms with Crippen molar-refractivity contribution in [2.24, 2.45) is 0 Å². The van der Waals surface area contributed by atoms with Gasteiger partial charge in [0.05, 0.1) is 0 Å². The lowest BCUT2D eigenvalue weighted by atomic mass is 10.0. The van der Waals surface area contributed by atoms with Gasteiger partial charge in [0.25, 0.3) is 5.91 Å². The fourth-order valence-corrected chi connectivity index (χ4v) is 2.83. The maximum Gasteiger partial charge on any atom is 0.290 e. The molecule has 1 N–H and O–H groups in total. The Balaban J connectivity index is 1.68. The van der Waals surface area contributed by atoms with Crippen molar-refractivity contribution < 1.29 is 14.2 Å². The number of hydrogen-bond acceptors (Lipinski definition) is 2. The largest absolute Gasteiger partial charge is 0.320 e. The summed E-state index contributed by atoms with van der Waals surface area (Å²) < 4.78 is 1.75. The molecule has 1 aromatic heterocycles. The van der Waals surface area contributed by atoms with Crippen molar-refractivity contribution in [2.75, 3.05) is 5.32 Å². The molecule has 0 aliphatic carbocycles. The van der Waals surface area contributed by atoms with Crippen LogP contribution in [0, 0.1) is 13.8 Å². The zero-order chi connectivity index (χ0) is 18.5. The first kappa shape index (κ1) is 17.5. The van der Waals surface area contributed by atoms with Crippen LogP contribution >= 0.6 is 0 Å². The Labute approximate surface area is 153 Å². The summed E-state index contributed by atoms with van der Waals surface area (Å²) >= 11 is 0. The number of para-hydroxylation sites is 1. The first-order valence-electron chi connectivity index (χ1n) is 8.49. The SMILES string of the molecule is Cc1cccc(C)c1NC(=O)C[n+]1ccc(C(=O)c2ccccc2)cc1. The molecule has 0 spiro atoms. The third-order valence-electron chi connectivity index (χ3n) is 4.26. The van der Waals surface area contributed by atoms with Crippen molar-refractivity contribution >= 4 is 17.4 Å². The number of carbonyl (C=O) groups excluding carboxylic acids is 2. The molecule has 0 bridgehead atoms. The Kier molecular flexibility index (Phi) is 5.23. The number of nitrogens with zero attached hydrogens (tertiary/aromatic N) is 1. The van der Waals surface area contributed by atoms with Gasteiger partial charge in [0.1, 0.15) is 0 Å². The second kappa shape index (κ2) is 7.74. The van der Waals surface area contributed by atoms with Crippen molar-refractivity contribution in [2.45, 2.75) is 20.4 Å². The molecule has 0 saturated heterocycles. The van der Waals surface area contributed by atoms with Gasteiger partial charge in [-0.3, -0.25) is 9.59 Å². The molecule has 2 aromatic carbocycles. The van der Waals surface area contributed by atoms with E-state index in [2.05, 4.69) is 5.32 Å². The van der Waals surface area contributed by atoms with E-state index in [0.29, 0.717) is 11.1 Å². The van der Waals surface area contributed by atoms with E-state index in [9.17, 15) is 9.59 Å². The maximum atomic E-state index is 12.4. The summed E-state index contributed by atoms with van der Waals surface area (Å²) in [6, 6.07) is 18.5. The standard InChI is InChI=1S/C22H20N2O2/c1-16-7-6-8-17(2)21(16)23-20(25)15-24-13-11-19(12-14-24)22(26)18-9-4-3-5-10-18/h3-14H,15H2,1-2H3/p+1. The molecule has 0 saturated carbocycles. The number of pyridine rings is 1. The molecule has 0 atom stereocenters. The highest BCUT2D eigenvalue weighted by atomic mass is 16.2. The predicted octanol–water partition coefficient (Wildman–Crippen LogP) is 3.46. The number of benzene rings is 2. The Morgan fingerprint density at radius 2 is 1.38 bits per heavy atom. The van der Waals surface area contributed by atoms with Crippen LogP contribution in [-0.2, 0) is 11.3 Å². The van der Waals surface area contributed by atoms with E-state index >= 15 is 0 Å². The zero-order valence-corrected chi connectivity index (χ0v) is 14.9. The van der Waals surface area contributed by atoms with E-state index in [4.69, 9.17) is 0 Å². The number of ketones is 1. The minimum Gasteiger partial charge on any atom is -0.320 e. The number of rotatable bonds is 5. The first-order valence-corrected chi connectivity index (χ1v) is 8.49. The molecule has 130 valence electrons. The Hall–Kier alpha value is -3.27. The van der Waals surface area contributed by atoms with Crippen LogP contribution in [0.5, 0.6) is 0 Å². The quantitative estimate of drug-likeness (QED) is 0.569. The summed E-state index contributed by atoms with van der Waals surface area (Å²) in [5.41, 5.74) is 4.17. The van der Waals surface area contributed by atoms with Crippen LogP contribution in [0.3, 0.4) is 0 Å². The van der Waals surface area contributed by atoms with Crippen molar-refractivity contribution in [3.05, 3.63) is 95.3 Å². The summed E-state index contributed by atoms with van der Waals surface area (Å²) in [4.78, 5) is 24.7. The molecule has 0 radical (unpaired) electrons. The van der Waals surface area contributed by atoms with Crippen LogP contribution in [0.25, 0.3) is 0 Å². The Morgan fingerprint density at radius 1 is 0.808 bits per heavy atom. The van der Waals surface area contributed by atoms with Gasteiger partial charge in [-0.1, -0.05) is 48.5 Å². The van der Waals surface area contributed by atoms with E-state index in [1.165, 1.54) is 0 Å². The van der Waals surface area contributed by atoms with E-state index in [1.54, 1.807) is 41.2 Å². The molecule has 0 aliphatic rings. The smallest absolute Gasteiger partial charge is 0.290 e. The average molecular weight is 345 g/mol. The van der Waals surface area contributed by atoms with Gasteiger partial charge in [-0.25, -0.2) is 0 Å². The van der Waals surface area contributed by atoms with Crippen LogP contribution in [0.1, 0.15) is 27.0 Å². The fraction of sp³-hybridized carbons (Fsp3) is 0.136. The molecular formula is C22H21N2O2+. The maximum absolute atomic E-state index is 12.4. The number of anilines is 1. The van der Waals surface area contributed by atoms with Gasteiger partial charge in [0, 0.05) is 28.9 Å². The van der Waals surface area contributed by atoms with Gasteiger partial charge in [-0.15, -0.1) is 0 Å². The van der Waals surface area contributed by atoms with E-state index in [0.717, 1.165) is 16.8 Å². The summed E-state index contributed by atoms with van der Waals surface area (Å²) in [6.45, 7) is 4.13. The number of hydrogen-bond donors (Lipinski definition) is 1. The molecule has 0 fully saturated rings. The molecule has 0 unspecified atom stereocenters. The van der Waals surface area contributed by atoms with Gasteiger partial charge in [-0.05, 0) is 25.0 Å². The second-order valence-corrected chi connectivity index (χ2v) is 6.27. The molecule has 1 amide bonds. The summed E-state index contributed by atoms with van der Waals surface area (Å²) in [6.07, 6.45) is 3.50. The number of aryl methyl sites for hydroxylation is 2. The van der Waals surface area contributed by atoms with E-state index in [1.807, 2.05) is 50.2 Å². The van der Waals surface area contributed by atoms with Gasteiger partial charge in [0.2, 0.25) is 6.54 Å². The van der Waals surface area contributed by atoms with Gasteiger partial charge >= 0.3 is 0 Å². The lowest BCUT2D eigenvalue weighted by molar-refractivity contribution is -0.684. The van der Waals surface area contributed by atoms with Crippen LogP contribution in [-0.4, -0.2) is 11.7 Å². The van der Waals surface area contributed by atoms with Crippen LogP contribution in [0.2, 0.25) is 0 Å². The minimum absolute atomic E-state index is 0.0299. The van der Waals surface area contributed by atoms with Gasteiger partial charge < -0.3 is 5.32 Å². The number of nitrogens with one attached hydrogen (secondary N) is 1. The minimum atomic E-state index is -0.102. The molecule has 3 rings (SSSR count). The molecule has 3 aromatic rings. The fourth-order valence-electron chi connectivity index (χ4n) is 2.83. The molecule has 0 aliphatic heterocycles. The van der Waals surface area contributed by atoms with Crippen LogP contribution in [0.4, 0.5) is 5.69 Å². The normalized spacial score (nSPS) is 10.4.